The third-order valence-electron chi connectivity index (χ3n) is 6.42. The second-order valence-electron chi connectivity index (χ2n) is 8.73. The fraction of sp³-hybridized carbons (Fsp3) is 0.364. The van der Waals surface area contributed by atoms with Gasteiger partial charge in [0.1, 0.15) is 5.65 Å². The Balaban J connectivity index is 1.80. The Kier molecular flexibility index (Phi) is 4.37. The lowest BCUT2D eigenvalue weighted by atomic mass is 9.79. The Hall–Kier alpha value is -2.64. The Bertz CT molecular complexity index is 1120. The molecule has 6 nitrogen and oxygen atoms in total. The Morgan fingerprint density at radius 2 is 1.72 bits per heavy atom. The molecule has 1 amide bonds. The van der Waals surface area contributed by atoms with Crippen molar-refractivity contribution >= 4 is 29.5 Å². The summed E-state index contributed by atoms with van der Waals surface area (Å²) in [5.74, 6) is -0.416. The van der Waals surface area contributed by atoms with Crippen LogP contribution in [0.3, 0.4) is 0 Å². The van der Waals surface area contributed by atoms with Crippen LogP contribution in [0.1, 0.15) is 49.2 Å². The second kappa shape index (κ2) is 6.44. The van der Waals surface area contributed by atoms with E-state index in [1.807, 2.05) is 53.8 Å². The number of rotatable bonds is 3. The number of H-pyrrole nitrogens is 1. The van der Waals surface area contributed by atoms with Crippen LogP contribution in [-0.2, 0) is 9.31 Å². The molecular formula is C22H26BN3O3. The lowest BCUT2D eigenvalue weighted by Gasteiger charge is -2.32. The summed E-state index contributed by atoms with van der Waals surface area (Å²) in [7, 11) is -0.472. The summed E-state index contributed by atoms with van der Waals surface area (Å²) in [5, 5.41) is 0.978. The van der Waals surface area contributed by atoms with Crippen LogP contribution in [0.5, 0.6) is 0 Å². The van der Waals surface area contributed by atoms with Crippen LogP contribution in [0.15, 0.2) is 30.6 Å². The zero-order valence-corrected chi connectivity index (χ0v) is 17.7. The van der Waals surface area contributed by atoms with Gasteiger partial charge in [-0.2, -0.15) is 0 Å². The average Bonchev–Trinajstić information content (AvgIpc) is 3.14. The first-order valence-electron chi connectivity index (χ1n) is 9.75. The topological polar surface area (TPSA) is 90.2 Å². The lowest BCUT2D eigenvalue weighted by Crippen LogP contribution is -2.41. The van der Waals surface area contributed by atoms with Crippen molar-refractivity contribution in [2.24, 2.45) is 5.73 Å². The van der Waals surface area contributed by atoms with Crippen LogP contribution in [0.4, 0.5) is 0 Å². The highest BCUT2D eigenvalue weighted by Gasteiger charge is 2.51. The standard InChI is InChI=1S/C22H26BN3O3/c1-12-13(2)16(19(24)27)8-7-15(12)18-11-26-20-17(18)9-14(10-25-20)23-28-21(3,4)22(5,6)29-23/h7-11H,1-6H3,(H2,24,27)(H,25,26). The first-order chi connectivity index (χ1) is 13.5. The maximum Gasteiger partial charge on any atom is 0.496 e. The summed E-state index contributed by atoms with van der Waals surface area (Å²) in [5.41, 5.74) is 10.8. The molecule has 0 saturated carbocycles. The highest BCUT2D eigenvalue weighted by molar-refractivity contribution is 6.62. The highest BCUT2D eigenvalue weighted by atomic mass is 16.7. The summed E-state index contributed by atoms with van der Waals surface area (Å²) < 4.78 is 12.4. The van der Waals surface area contributed by atoms with Crippen molar-refractivity contribution in [2.75, 3.05) is 0 Å². The third kappa shape index (κ3) is 3.05. The number of hydrogen-bond donors (Lipinski definition) is 2. The van der Waals surface area contributed by atoms with Gasteiger partial charge in [0.15, 0.2) is 0 Å². The minimum Gasteiger partial charge on any atom is -0.399 e. The van der Waals surface area contributed by atoms with Gasteiger partial charge in [-0.1, -0.05) is 6.07 Å². The van der Waals surface area contributed by atoms with Gasteiger partial charge in [-0.05, 0) is 70.4 Å². The molecule has 2 aromatic heterocycles. The minimum absolute atomic E-state index is 0.411. The van der Waals surface area contributed by atoms with Gasteiger partial charge < -0.3 is 20.0 Å². The summed E-state index contributed by atoms with van der Waals surface area (Å²) in [6.07, 6.45) is 3.73. The van der Waals surface area contributed by atoms with Crippen molar-refractivity contribution in [3.05, 3.63) is 47.3 Å². The molecule has 3 N–H and O–H groups in total. The Labute approximate surface area is 170 Å². The smallest absolute Gasteiger partial charge is 0.399 e. The molecule has 0 atom stereocenters. The second-order valence-corrected chi connectivity index (χ2v) is 8.73. The quantitative estimate of drug-likeness (QED) is 0.671. The number of benzene rings is 1. The zero-order chi connectivity index (χ0) is 21.1. The first kappa shape index (κ1) is 19.7. The number of nitrogens with zero attached hydrogens (tertiary/aromatic N) is 1. The number of amides is 1. The normalized spacial score (nSPS) is 17.8. The zero-order valence-electron chi connectivity index (χ0n) is 17.7. The first-order valence-corrected chi connectivity index (χ1v) is 9.75. The van der Waals surface area contributed by atoms with Crippen molar-refractivity contribution in [1.82, 2.24) is 9.97 Å². The molecule has 1 saturated heterocycles. The molecule has 150 valence electrons. The summed E-state index contributed by atoms with van der Waals surface area (Å²) in [4.78, 5) is 19.5. The highest BCUT2D eigenvalue weighted by Crippen LogP contribution is 2.37. The van der Waals surface area contributed by atoms with Crippen molar-refractivity contribution < 1.29 is 14.1 Å². The van der Waals surface area contributed by atoms with Crippen LogP contribution in [0.2, 0.25) is 0 Å². The molecule has 1 aliphatic rings. The number of carbonyl (C=O) groups is 1. The lowest BCUT2D eigenvalue weighted by molar-refractivity contribution is 0.00578. The molecule has 3 heterocycles. The van der Waals surface area contributed by atoms with Gasteiger partial charge in [-0.15, -0.1) is 0 Å². The van der Waals surface area contributed by atoms with Gasteiger partial charge >= 0.3 is 7.12 Å². The van der Waals surface area contributed by atoms with Crippen molar-refractivity contribution in [1.29, 1.82) is 0 Å². The van der Waals surface area contributed by atoms with Crippen LogP contribution in [0, 0.1) is 13.8 Å². The van der Waals surface area contributed by atoms with E-state index in [9.17, 15) is 4.79 Å². The van der Waals surface area contributed by atoms with E-state index in [1.165, 1.54) is 0 Å². The van der Waals surface area contributed by atoms with E-state index in [0.29, 0.717) is 5.56 Å². The number of primary amides is 1. The van der Waals surface area contributed by atoms with E-state index < -0.39 is 24.2 Å². The molecule has 0 aliphatic carbocycles. The molecule has 7 heteroatoms. The molecular weight excluding hydrogens is 365 g/mol. The van der Waals surface area contributed by atoms with Crippen LogP contribution in [0.25, 0.3) is 22.2 Å². The number of fused-ring (bicyclic) bond motifs is 1. The summed E-state index contributed by atoms with van der Waals surface area (Å²) in [6.45, 7) is 12.1. The average molecular weight is 391 g/mol. The van der Waals surface area contributed by atoms with E-state index in [2.05, 4.69) is 16.0 Å². The molecule has 0 bridgehead atoms. The molecule has 0 spiro atoms. The molecule has 0 unspecified atom stereocenters. The number of pyridine rings is 1. The fourth-order valence-corrected chi connectivity index (χ4v) is 3.73. The molecule has 29 heavy (non-hydrogen) atoms. The van der Waals surface area contributed by atoms with Gasteiger partial charge in [0, 0.05) is 34.4 Å². The molecule has 3 aromatic rings. The van der Waals surface area contributed by atoms with Crippen molar-refractivity contribution in [3.63, 3.8) is 0 Å². The predicted molar refractivity (Wildman–Crippen MR) is 115 cm³/mol. The molecule has 4 rings (SSSR count). The maximum atomic E-state index is 11.7. The SMILES string of the molecule is Cc1c(C(N)=O)ccc(-c2c[nH]c3ncc(B4OC(C)(C)C(C)(C)O4)cc23)c1C. The predicted octanol–water partition coefficient (Wildman–Crippen LogP) is 3.24. The maximum absolute atomic E-state index is 11.7. The monoisotopic (exact) mass is 391 g/mol. The van der Waals surface area contributed by atoms with E-state index >= 15 is 0 Å². The number of aromatic nitrogens is 2. The number of nitrogens with one attached hydrogen (secondary N) is 1. The summed E-state index contributed by atoms with van der Waals surface area (Å²) in [6, 6.07) is 5.78. The Morgan fingerprint density at radius 1 is 1.07 bits per heavy atom. The summed E-state index contributed by atoms with van der Waals surface area (Å²) >= 11 is 0. The van der Waals surface area contributed by atoms with E-state index in [4.69, 9.17) is 15.0 Å². The largest absolute Gasteiger partial charge is 0.496 e. The molecule has 1 aromatic carbocycles. The number of carbonyl (C=O) groups excluding carboxylic acids is 1. The van der Waals surface area contributed by atoms with E-state index in [0.717, 1.165) is 38.8 Å². The van der Waals surface area contributed by atoms with Crippen molar-refractivity contribution in [3.8, 4) is 11.1 Å². The molecule has 1 aliphatic heterocycles. The van der Waals surface area contributed by atoms with E-state index in [1.54, 1.807) is 12.3 Å². The number of nitrogens with two attached hydrogens (primary N) is 1. The van der Waals surface area contributed by atoms with Crippen LogP contribution in [-0.4, -0.2) is 34.2 Å². The van der Waals surface area contributed by atoms with Gasteiger partial charge in [0.2, 0.25) is 5.91 Å². The Morgan fingerprint density at radius 3 is 2.34 bits per heavy atom. The van der Waals surface area contributed by atoms with Gasteiger partial charge in [0.05, 0.1) is 11.2 Å². The third-order valence-corrected chi connectivity index (χ3v) is 6.42. The molecule has 1 fully saturated rings. The van der Waals surface area contributed by atoms with Crippen molar-refractivity contribution in [2.45, 2.75) is 52.7 Å². The fourth-order valence-electron chi connectivity index (χ4n) is 3.73. The minimum atomic E-state index is -0.472. The van der Waals surface area contributed by atoms with Gasteiger partial charge in [0.25, 0.3) is 0 Å². The van der Waals surface area contributed by atoms with Crippen LogP contribution >= 0.6 is 0 Å². The molecule has 0 radical (unpaired) electrons. The van der Waals surface area contributed by atoms with E-state index in [-0.39, 0.29) is 0 Å². The van der Waals surface area contributed by atoms with Gasteiger partial charge in [-0.3, -0.25) is 4.79 Å². The van der Waals surface area contributed by atoms with Gasteiger partial charge in [-0.25, -0.2) is 4.98 Å². The van der Waals surface area contributed by atoms with Crippen LogP contribution < -0.4 is 11.2 Å². The number of aromatic amines is 1. The number of hydrogen-bond acceptors (Lipinski definition) is 4.